The van der Waals surface area contributed by atoms with E-state index in [0.29, 0.717) is 13.2 Å². The lowest BCUT2D eigenvalue weighted by Gasteiger charge is -2.13. The van der Waals surface area contributed by atoms with Gasteiger partial charge in [0.05, 0.1) is 5.69 Å². The van der Waals surface area contributed by atoms with Crippen LogP contribution in [0.2, 0.25) is 0 Å². The molecular formula is C20H27NO2. The maximum Gasteiger partial charge on any atom is 0.142 e. The molecule has 1 N–H and O–H groups in total. The van der Waals surface area contributed by atoms with E-state index in [1.54, 1.807) is 0 Å². The summed E-state index contributed by atoms with van der Waals surface area (Å²) in [5.41, 5.74) is 1.06. The SMILES string of the molecule is CCCCCCNc1ccccc1OCCOc1ccccc1. The summed E-state index contributed by atoms with van der Waals surface area (Å²) in [6.07, 6.45) is 5.04. The molecular weight excluding hydrogens is 286 g/mol. The van der Waals surface area contributed by atoms with Crippen LogP contribution in [0.4, 0.5) is 5.69 Å². The molecule has 2 aromatic rings. The highest BCUT2D eigenvalue weighted by Crippen LogP contribution is 2.23. The van der Waals surface area contributed by atoms with Crippen molar-refractivity contribution >= 4 is 5.69 Å². The third-order valence-corrected chi connectivity index (χ3v) is 3.59. The van der Waals surface area contributed by atoms with E-state index >= 15 is 0 Å². The van der Waals surface area contributed by atoms with Crippen molar-refractivity contribution in [3.8, 4) is 11.5 Å². The summed E-state index contributed by atoms with van der Waals surface area (Å²) in [5.74, 6) is 1.76. The Morgan fingerprint density at radius 1 is 0.783 bits per heavy atom. The largest absolute Gasteiger partial charge is 0.490 e. The number of rotatable bonds is 11. The van der Waals surface area contributed by atoms with Crippen LogP contribution in [0.3, 0.4) is 0 Å². The van der Waals surface area contributed by atoms with Gasteiger partial charge in [-0.1, -0.05) is 56.5 Å². The van der Waals surface area contributed by atoms with E-state index in [2.05, 4.69) is 18.3 Å². The summed E-state index contributed by atoms with van der Waals surface area (Å²) in [4.78, 5) is 0. The molecule has 0 aliphatic rings. The molecule has 0 atom stereocenters. The average Bonchev–Trinajstić information content (AvgIpc) is 2.60. The van der Waals surface area contributed by atoms with Crippen LogP contribution >= 0.6 is 0 Å². The molecule has 23 heavy (non-hydrogen) atoms. The van der Waals surface area contributed by atoms with Gasteiger partial charge >= 0.3 is 0 Å². The number of para-hydroxylation sites is 3. The highest BCUT2D eigenvalue weighted by molar-refractivity contribution is 5.56. The quantitative estimate of drug-likeness (QED) is 0.583. The minimum absolute atomic E-state index is 0.531. The number of hydrogen-bond acceptors (Lipinski definition) is 3. The van der Waals surface area contributed by atoms with Gasteiger partial charge in [0, 0.05) is 6.54 Å². The second-order valence-corrected chi connectivity index (χ2v) is 5.49. The molecule has 2 rings (SSSR count). The third-order valence-electron chi connectivity index (χ3n) is 3.59. The van der Waals surface area contributed by atoms with Gasteiger partial charge in [-0.15, -0.1) is 0 Å². The van der Waals surface area contributed by atoms with Gasteiger partial charge in [-0.3, -0.25) is 0 Å². The van der Waals surface area contributed by atoms with Crippen LogP contribution < -0.4 is 14.8 Å². The molecule has 0 fully saturated rings. The lowest BCUT2D eigenvalue weighted by Crippen LogP contribution is -2.10. The van der Waals surface area contributed by atoms with Gasteiger partial charge < -0.3 is 14.8 Å². The number of unbranched alkanes of at least 4 members (excludes halogenated alkanes) is 3. The maximum atomic E-state index is 5.85. The molecule has 0 heterocycles. The van der Waals surface area contributed by atoms with Crippen LogP contribution in [0.15, 0.2) is 54.6 Å². The Balaban J connectivity index is 1.71. The van der Waals surface area contributed by atoms with Gasteiger partial charge in [0.2, 0.25) is 0 Å². The molecule has 3 heteroatoms. The minimum atomic E-state index is 0.531. The van der Waals surface area contributed by atoms with Crippen LogP contribution in [0.25, 0.3) is 0 Å². The highest BCUT2D eigenvalue weighted by Gasteiger charge is 2.02. The van der Waals surface area contributed by atoms with Crippen LogP contribution in [0.1, 0.15) is 32.6 Å². The molecule has 0 aliphatic carbocycles. The second-order valence-electron chi connectivity index (χ2n) is 5.49. The molecule has 0 saturated heterocycles. The molecule has 0 aliphatic heterocycles. The summed E-state index contributed by atoms with van der Waals surface area (Å²) < 4.78 is 11.5. The first kappa shape index (κ1) is 17.2. The molecule has 124 valence electrons. The molecule has 3 nitrogen and oxygen atoms in total. The fourth-order valence-corrected chi connectivity index (χ4v) is 2.34. The molecule has 0 spiro atoms. The van der Waals surface area contributed by atoms with Crippen molar-refractivity contribution in [2.45, 2.75) is 32.6 Å². The van der Waals surface area contributed by atoms with E-state index in [4.69, 9.17) is 9.47 Å². The van der Waals surface area contributed by atoms with Crippen molar-refractivity contribution in [1.82, 2.24) is 0 Å². The summed E-state index contributed by atoms with van der Waals surface area (Å²) in [6.45, 7) is 4.28. The monoisotopic (exact) mass is 313 g/mol. The summed E-state index contributed by atoms with van der Waals surface area (Å²) in [5, 5.41) is 3.46. The van der Waals surface area contributed by atoms with Crippen molar-refractivity contribution in [2.75, 3.05) is 25.1 Å². The fraction of sp³-hybridized carbons (Fsp3) is 0.400. The number of ether oxygens (including phenoxy) is 2. The Morgan fingerprint density at radius 3 is 2.35 bits per heavy atom. The molecule has 0 saturated carbocycles. The summed E-state index contributed by atoms with van der Waals surface area (Å²) >= 11 is 0. The van der Waals surface area contributed by atoms with E-state index in [-0.39, 0.29) is 0 Å². The van der Waals surface area contributed by atoms with Gasteiger partial charge in [-0.25, -0.2) is 0 Å². The maximum absolute atomic E-state index is 5.85. The molecule has 2 aromatic carbocycles. The van der Waals surface area contributed by atoms with E-state index in [1.165, 1.54) is 25.7 Å². The molecule has 0 bridgehead atoms. The Morgan fingerprint density at radius 2 is 1.52 bits per heavy atom. The van der Waals surface area contributed by atoms with Gasteiger partial charge in [0.1, 0.15) is 24.7 Å². The first-order valence-electron chi connectivity index (χ1n) is 8.53. The van der Waals surface area contributed by atoms with E-state index < -0.39 is 0 Å². The van der Waals surface area contributed by atoms with Gasteiger partial charge in [-0.2, -0.15) is 0 Å². The smallest absolute Gasteiger partial charge is 0.142 e. The zero-order valence-electron chi connectivity index (χ0n) is 14.0. The zero-order chi connectivity index (χ0) is 16.2. The third kappa shape index (κ3) is 6.64. The van der Waals surface area contributed by atoms with E-state index in [9.17, 15) is 0 Å². The number of benzene rings is 2. The lowest BCUT2D eigenvalue weighted by atomic mass is 10.2. The lowest BCUT2D eigenvalue weighted by molar-refractivity contribution is 0.218. The Labute approximate surface area is 139 Å². The first-order valence-corrected chi connectivity index (χ1v) is 8.53. The standard InChI is InChI=1S/C20H27NO2/c1-2-3-4-10-15-21-19-13-8-9-14-20(19)23-17-16-22-18-11-6-5-7-12-18/h5-9,11-14,21H,2-4,10,15-17H2,1H3. The Kier molecular flexibility index (Phi) is 7.89. The topological polar surface area (TPSA) is 30.5 Å². The number of nitrogens with one attached hydrogen (secondary N) is 1. The predicted molar refractivity (Wildman–Crippen MR) is 96.5 cm³/mol. The Hall–Kier alpha value is -2.16. The minimum Gasteiger partial charge on any atom is -0.490 e. The van der Waals surface area contributed by atoms with E-state index in [1.807, 2.05) is 48.5 Å². The van der Waals surface area contributed by atoms with Gasteiger partial charge in [0.25, 0.3) is 0 Å². The van der Waals surface area contributed by atoms with Crippen molar-refractivity contribution < 1.29 is 9.47 Å². The summed E-state index contributed by atoms with van der Waals surface area (Å²) in [7, 11) is 0. The molecule has 0 unspecified atom stereocenters. The van der Waals surface area contributed by atoms with Crippen LogP contribution in [-0.2, 0) is 0 Å². The molecule has 0 aromatic heterocycles. The van der Waals surface area contributed by atoms with Crippen LogP contribution in [0.5, 0.6) is 11.5 Å². The number of anilines is 1. The average molecular weight is 313 g/mol. The van der Waals surface area contributed by atoms with Gasteiger partial charge in [0.15, 0.2) is 0 Å². The normalized spacial score (nSPS) is 10.3. The van der Waals surface area contributed by atoms with Crippen molar-refractivity contribution in [2.24, 2.45) is 0 Å². The van der Waals surface area contributed by atoms with Crippen LogP contribution in [-0.4, -0.2) is 19.8 Å². The first-order chi connectivity index (χ1) is 11.4. The van der Waals surface area contributed by atoms with Crippen molar-refractivity contribution in [3.05, 3.63) is 54.6 Å². The predicted octanol–water partition coefficient (Wildman–Crippen LogP) is 5.14. The second kappa shape index (κ2) is 10.5. The van der Waals surface area contributed by atoms with E-state index in [0.717, 1.165) is 23.7 Å². The Bertz CT molecular complexity index is 542. The van der Waals surface area contributed by atoms with Crippen LogP contribution in [0, 0.1) is 0 Å². The fourth-order valence-electron chi connectivity index (χ4n) is 2.34. The molecule has 0 amide bonds. The van der Waals surface area contributed by atoms with Gasteiger partial charge in [-0.05, 0) is 30.7 Å². The summed E-state index contributed by atoms with van der Waals surface area (Å²) in [6, 6.07) is 17.9. The van der Waals surface area contributed by atoms with Crippen molar-refractivity contribution in [3.63, 3.8) is 0 Å². The van der Waals surface area contributed by atoms with Crippen molar-refractivity contribution in [1.29, 1.82) is 0 Å². The number of hydrogen-bond donors (Lipinski definition) is 1. The zero-order valence-corrected chi connectivity index (χ0v) is 14.0. The highest BCUT2D eigenvalue weighted by atomic mass is 16.5. The molecule has 0 radical (unpaired) electrons.